The van der Waals surface area contributed by atoms with Crippen molar-refractivity contribution >= 4 is 40.4 Å². The van der Waals surface area contributed by atoms with Gasteiger partial charge in [-0.25, -0.2) is 5.43 Å². The lowest BCUT2D eigenvalue weighted by molar-refractivity contribution is -0.118. The molecular formula is C15H19N5O3S2. The number of aromatic nitrogens is 2. The molecule has 0 saturated carbocycles. The van der Waals surface area contributed by atoms with E-state index >= 15 is 0 Å². The van der Waals surface area contributed by atoms with Crippen molar-refractivity contribution in [3.63, 3.8) is 0 Å². The van der Waals surface area contributed by atoms with Crippen LogP contribution in [-0.2, 0) is 4.79 Å². The summed E-state index contributed by atoms with van der Waals surface area (Å²) in [5.74, 6) is 1.26. The zero-order chi connectivity index (χ0) is 18.1. The molecule has 2 aromatic rings. The third-order valence-electron chi connectivity index (χ3n) is 2.72. The smallest absolute Gasteiger partial charge is 0.250 e. The molecule has 2 rings (SSSR count). The third kappa shape index (κ3) is 6.24. The normalized spacial score (nSPS) is 10.8. The lowest BCUT2D eigenvalue weighted by atomic mass is 10.2. The Morgan fingerprint density at radius 1 is 1.32 bits per heavy atom. The fraction of sp³-hybridized carbons (Fsp3) is 0.333. The molecule has 1 aromatic carbocycles. The number of nitrogen functional groups attached to an aromatic ring is 1. The van der Waals surface area contributed by atoms with Crippen LogP contribution in [0.2, 0.25) is 0 Å². The monoisotopic (exact) mass is 381 g/mol. The molecule has 10 heteroatoms. The molecule has 1 amide bonds. The fourth-order valence-electron chi connectivity index (χ4n) is 1.77. The summed E-state index contributed by atoms with van der Waals surface area (Å²) in [5.41, 5.74) is 8.73. The molecule has 8 nitrogen and oxygen atoms in total. The first-order valence-electron chi connectivity index (χ1n) is 7.55. The van der Waals surface area contributed by atoms with E-state index in [9.17, 15) is 4.79 Å². The molecule has 25 heavy (non-hydrogen) atoms. The van der Waals surface area contributed by atoms with Gasteiger partial charge in [-0.2, -0.15) is 5.10 Å². The minimum Gasteiger partial charge on any atom is -0.490 e. The predicted octanol–water partition coefficient (Wildman–Crippen LogP) is 2.16. The lowest BCUT2D eigenvalue weighted by Gasteiger charge is -2.11. The SMILES string of the molecule is CCOc1ccc(/C=N/NC(=O)CSc2nnc(N)s2)cc1OCC. The van der Waals surface area contributed by atoms with Crippen molar-refractivity contribution in [1.82, 2.24) is 15.6 Å². The second-order valence-electron chi connectivity index (χ2n) is 4.56. The first-order chi connectivity index (χ1) is 12.1. The molecule has 0 aliphatic rings. The zero-order valence-electron chi connectivity index (χ0n) is 13.9. The molecule has 0 aliphatic heterocycles. The molecule has 1 aromatic heterocycles. The number of thioether (sulfide) groups is 1. The Kier molecular flexibility index (Phi) is 7.48. The van der Waals surface area contributed by atoms with Crippen LogP contribution in [-0.4, -0.2) is 41.3 Å². The maximum Gasteiger partial charge on any atom is 0.250 e. The van der Waals surface area contributed by atoms with Crippen LogP contribution in [0.25, 0.3) is 0 Å². The highest BCUT2D eigenvalue weighted by molar-refractivity contribution is 8.01. The van der Waals surface area contributed by atoms with Crippen molar-refractivity contribution < 1.29 is 14.3 Å². The molecule has 0 saturated heterocycles. The standard InChI is InChI=1S/C15H19N5O3S2/c1-3-22-11-6-5-10(7-12(11)23-4-2)8-17-18-13(21)9-24-15-20-19-14(16)25-15/h5-8H,3-4,9H2,1-2H3,(H2,16,19)(H,18,21)/b17-8+. The van der Waals surface area contributed by atoms with Crippen LogP contribution in [0.4, 0.5) is 5.13 Å². The van der Waals surface area contributed by atoms with Crippen LogP contribution < -0.4 is 20.6 Å². The van der Waals surface area contributed by atoms with Crippen LogP contribution in [0.1, 0.15) is 19.4 Å². The van der Waals surface area contributed by atoms with Crippen LogP contribution in [0.15, 0.2) is 27.6 Å². The van der Waals surface area contributed by atoms with E-state index < -0.39 is 0 Å². The van der Waals surface area contributed by atoms with Gasteiger partial charge in [-0.3, -0.25) is 4.79 Å². The maximum atomic E-state index is 11.8. The second kappa shape index (κ2) is 9.84. The van der Waals surface area contributed by atoms with Gasteiger partial charge in [0.15, 0.2) is 15.8 Å². The van der Waals surface area contributed by atoms with Crippen LogP contribution >= 0.6 is 23.1 Å². The number of nitrogens with zero attached hydrogens (tertiary/aromatic N) is 3. The summed E-state index contributed by atoms with van der Waals surface area (Å²) in [5, 5.41) is 11.8. The molecule has 0 spiro atoms. The van der Waals surface area contributed by atoms with Gasteiger partial charge >= 0.3 is 0 Å². The molecule has 0 bridgehead atoms. The summed E-state index contributed by atoms with van der Waals surface area (Å²) >= 11 is 2.49. The summed E-state index contributed by atoms with van der Waals surface area (Å²) < 4.78 is 11.7. The Labute approximate surface area is 153 Å². The van der Waals surface area contributed by atoms with Crippen LogP contribution in [0, 0.1) is 0 Å². The van der Waals surface area contributed by atoms with E-state index in [-0.39, 0.29) is 11.7 Å². The Morgan fingerprint density at radius 2 is 2.08 bits per heavy atom. The number of hydrogen-bond acceptors (Lipinski definition) is 9. The highest BCUT2D eigenvalue weighted by Crippen LogP contribution is 2.28. The summed E-state index contributed by atoms with van der Waals surface area (Å²) in [6, 6.07) is 5.46. The summed E-state index contributed by atoms with van der Waals surface area (Å²) in [7, 11) is 0. The second-order valence-corrected chi connectivity index (χ2v) is 6.79. The van der Waals surface area contributed by atoms with E-state index in [4.69, 9.17) is 15.2 Å². The molecule has 0 unspecified atom stereocenters. The molecule has 0 aliphatic carbocycles. The van der Waals surface area contributed by atoms with Crippen molar-refractivity contribution in [2.24, 2.45) is 5.10 Å². The average Bonchev–Trinajstić information content (AvgIpc) is 3.01. The van der Waals surface area contributed by atoms with E-state index in [1.807, 2.05) is 32.0 Å². The Morgan fingerprint density at radius 3 is 2.76 bits per heavy atom. The Bertz CT molecular complexity index is 736. The van der Waals surface area contributed by atoms with Crippen molar-refractivity contribution in [3.05, 3.63) is 23.8 Å². The number of hydrogen-bond donors (Lipinski definition) is 2. The topological polar surface area (TPSA) is 112 Å². The third-order valence-corrected chi connectivity index (χ3v) is 4.60. The van der Waals surface area contributed by atoms with Crippen molar-refractivity contribution in [2.75, 3.05) is 24.7 Å². The van der Waals surface area contributed by atoms with E-state index in [0.717, 1.165) is 5.56 Å². The van der Waals surface area contributed by atoms with Gasteiger partial charge in [0.2, 0.25) is 5.13 Å². The van der Waals surface area contributed by atoms with Gasteiger partial charge in [-0.05, 0) is 37.6 Å². The number of nitrogens with two attached hydrogens (primary N) is 1. The number of benzene rings is 1. The minimum absolute atomic E-state index is 0.180. The number of carbonyl (C=O) groups is 1. The number of hydrazone groups is 1. The summed E-state index contributed by atoms with van der Waals surface area (Å²) in [6.45, 7) is 4.90. The average molecular weight is 381 g/mol. The maximum absolute atomic E-state index is 11.8. The highest BCUT2D eigenvalue weighted by atomic mass is 32.2. The van der Waals surface area contributed by atoms with Gasteiger partial charge in [0, 0.05) is 0 Å². The number of anilines is 1. The Hall–Kier alpha value is -2.33. The van der Waals surface area contributed by atoms with Gasteiger partial charge in [-0.1, -0.05) is 23.1 Å². The molecular weight excluding hydrogens is 362 g/mol. The number of ether oxygens (including phenoxy) is 2. The first-order valence-corrected chi connectivity index (χ1v) is 9.36. The molecule has 3 N–H and O–H groups in total. The van der Waals surface area contributed by atoms with E-state index in [1.165, 1.54) is 23.1 Å². The van der Waals surface area contributed by atoms with Gasteiger partial charge in [0.25, 0.3) is 5.91 Å². The minimum atomic E-state index is -0.244. The fourth-order valence-corrected chi connectivity index (χ4v) is 3.19. The van der Waals surface area contributed by atoms with Gasteiger partial charge in [0.1, 0.15) is 0 Å². The largest absolute Gasteiger partial charge is 0.490 e. The van der Waals surface area contributed by atoms with Gasteiger partial charge < -0.3 is 15.2 Å². The van der Waals surface area contributed by atoms with Gasteiger partial charge in [0.05, 0.1) is 25.2 Å². The number of nitrogens with one attached hydrogen (secondary N) is 1. The number of rotatable bonds is 9. The molecule has 0 atom stereocenters. The molecule has 0 radical (unpaired) electrons. The van der Waals surface area contributed by atoms with Crippen molar-refractivity contribution in [1.29, 1.82) is 0 Å². The van der Waals surface area contributed by atoms with Gasteiger partial charge in [-0.15, -0.1) is 10.2 Å². The lowest BCUT2D eigenvalue weighted by Crippen LogP contribution is -2.19. The van der Waals surface area contributed by atoms with Crippen LogP contribution in [0.3, 0.4) is 0 Å². The molecule has 134 valence electrons. The number of carbonyl (C=O) groups excluding carboxylic acids is 1. The molecule has 0 fully saturated rings. The van der Waals surface area contributed by atoms with Crippen molar-refractivity contribution in [2.45, 2.75) is 18.2 Å². The van der Waals surface area contributed by atoms with E-state index in [1.54, 1.807) is 6.21 Å². The Balaban J connectivity index is 1.87. The predicted molar refractivity (Wildman–Crippen MR) is 99.6 cm³/mol. The molecule has 1 heterocycles. The zero-order valence-corrected chi connectivity index (χ0v) is 15.5. The van der Waals surface area contributed by atoms with E-state index in [0.29, 0.717) is 34.2 Å². The highest BCUT2D eigenvalue weighted by Gasteiger charge is 2.07. The van der Waals surface area contributed by atoms with E-state index in [2.05, 4.69) is 20.7 Å². The number of amides is 1. The summed E-state index contributed by atoms with van der Waals surface area (Å²) in [6.07, 6.45) is 1.55. The first kappa shape index (κ1) is 19.0. The summed E-state index contributed by atoms with van der Waals surface area (Å²) in [4.78, 5) is 11.8. The van der Waals surface area contributed by atoms with Crippen LogP contribution in [0.5, 0.6) is 11.5 Å². The quantitative estimate of drug-likeness (QED) is 0.389. The van der Waals surface area contributed by atoms with Crippen molar-refractivity contribution in [3.8, 4) is 11.5 Å².